The van der Waals surface area contributed by atoms with Gasteiger partial charge in [0.25, 0.3) is 11.8 Å². The minimum absolute atomic E-state index is 0.0798. The smallest absolute Gasteiger partial charge is 0.323 e. The molecule has 0 aromatic heterocycles. The Hall–Kier alpha value is -3.99. The zero-order valence-electron chi connectivity index (χ0n) is 16.6. The van der Waals surface area contributed by atoms with E-state index >= 15 is 0 Å². The van der Waals surface area contributed by atoms with Gasteiger partial charge in [0.05, 0.1) is 13.7 Å². The first-order chi connectivity index (χ1) is 14.3. The van der Waals surface area contributed by atoms with Crippen LogP contribution in [0.1, 0.15) is 22.8 Å². The summed E-state index contributed by atoms with van der Waals surface area (Å²) in [5, 5.41) is 7.82. The Bertz CT molecular complexity index is 1120. The van der Waals surface area contributed by atoms with Crippen LogP contribution in [0, 0.1) is 11.8 Å². The molecule has 3 heterocycles. The summed E-state index contributed by atoms with van der Waals surface area (Å²) in [7, 11) is 1.53. The van der Waals surface area contributed by atoms with Crippen LogP contribution in [0.5, 0.6) is 5.75 Å². The summed E-state index contributed by atoms with van der Waals surface area (Å²) in [6.45, 7) is 5.99. The number of methoxy groups -OCH3 is 1. The fourth-order valence-electron chi connectivity index (χ4n) is 3.50. The van der Waals surface area contributed by atoms with Crippen LogP contribution in [0.4, 0.5) is 4.79 Å². The van der Waals surface area contributed by atoms with E-state index in [1.807, 2.05) is 19.1 Å². The number of hydrogen-bond acceptors (Lipinski definition) is 5. The van der Waals surface area contributed by atoms with Crippen LogP contribution in [0.15, 0.2) is 53.9 Å². The molecule has 0 aliphatic carbocycles. The number of urea groups is 1. The number of nitrogens with one attached hydrogen (secondary N) is 3. The summed E-state index contributed by atoms with van der Waals surface area (Å²) in [4.78, 5) is 38.9. The van der Waals surface area contributed by atoms with Crippen LogP contribution >= 0.6 is 0 Å². The number of carbonyl (C=O) groups excluding carboxylic acids is 3. The molecule has 1 saturated heterocycles. The lowest BCUT2D eigenvalue weighted by Crippen LogP contribution is -2.54. The van der Waals surface area contributed by atoms with Crippen molar-refractivity contribution in [2.45, 2.75) is 19.0 Å². The lowest BCUT2D eigenvalue weighted by atomic mass is 9.98. The molecular formula is C22H20N4O4. The third-order valence-electron chi connectivity index (χ3n) is 5.24. The highest BCUT2D eigenvalue weighted by molar-refractivity contribution is 6.10. The third-order valence-corrected chi connectivity index (χ3v) is 5.24. The molecular weight excluding hydrogens is 384 g/mol. The molecule has 3 N–H and O–H groups in total. The van der Waals surface area contributed by atoms with Gasteiger partial charge < -0.3 is 20.3 Å². The summed E-state index contributed by atoms with van der Waals surface area (Å²) in [5.41, 5.74) is 2.10. The summed E-state index contributed by atoms with van der Waals surface area (Å²) in [5.74, 6) is 5.56. The van der Waals surface area contributed by atoms with Gasteiger partial charge in [0.1, 0.15) is 5.75 Å². The van der Waals surface area contributed by atoms with Gasteiger partial charge in [-0.25, -0.2) is 4.79 Å². The van der Waals surface area contributed by atoms with E-state index < -0.39 is 17.5 Å². The van der Waals surface area contributed by atoms with E-state index in [1.165, 1.54) is 12.0 Å². The van der Waals surface area contributed by atoms with E-state index in [1.54, 1.807) is 18.3 Å². The average molecular weight is 404 g/mol. The summed E-state index contributed by atoms with van der Waals surface area (Å²) in [6, 6.07) is 4.62. The predicted octanol–water partition coefficient (Wildman–Crippen LogP) is 1.18. The maximum absolute atomic E-state index is 12.9. The Labute approximate surface area is 173 Å². The molecule has 1 aromatic rings. The number of nitrogens with zero attached hydrogens (tertiary/aromatic N) is 1. The zero-order valence-corrected chi connectivity index (χ0v) is 16.6. The number of allylic oxidation sites excluding steroid dienone is 3. The van der Waals surface area contributed by atoms with Gasteiger partial charge in [-0.1, -0.05) is 24.5 Å². The van der Waals surface area contributed by atoms with Crippen molar-refractivity contribution in [1.82, 2.24) is 20.9 Å². The Morgan fingerprint density at radius 3 is 2.77 bits per heavy atom. The highest BCUT2D eigenvalue weighted by atomic mass is 16.5. The van der Waals surface area contributed by atoms with E-state index in [-0.39, 0.29) is 12.5 Å². The monoisotopic (exact) mass is 404 g/mol. The maximum Gasteiger partial charge on any atom is 0.323 e. The molecule has 3 aliphatic heterocycles. The van der Waals surface area contributed by atoms with E-state index in [2.05, 4.69) is 34.4 Å². The molecule has 0 radical (unpaired) electrons. The van der Waals surface area contributed by atoms with Crippen LogP contribution < -0.4 is 20.7 Å². The van der Waals surface area contributed by atoms with Crippen molar-refractivity contribution in [1.29, 1.82) is 0 Å². The van der Waals surface area contributed by atoms with E-state index in [4.69, 9.17) is 4.74 Å². The maximum atomic E-state index is 12.9. The number of rotatable bonds is 3. The van der Waals surface area contributed by atoms with Gasteiger partial charge in [-0.05, 0) is 36.3 Å². The number of carbonyl (C=O) groups is 3. The summed E-state index contributed by atoms with van der Waals surface area (Å²) < 4.78 is 5.19. The SMILES string of the molecule is C=C1NC=C(C#C[C@]2(CN3Cc4ccc(OC)cc4C3=O)NC(=O)NC2=O)C=C1C. The first-order valence-electron chi connectivity index (χ1n) is 9.28. The first kappa shape index (κ1) is 19.3. The van der Waals surface area contributed by atoms with Gasteiger partial charge >= 0.3 is 6.03 Å². The standard InChI is InChI=1S/C22H20N4O4/c1-13-8-15(10-23-14(13)2)6-7-22(20(28)24-21(29)25-22)12-26-11-16-4-5-17(30-3)9-18(16)19(26)27/h4-5,8-10,23H,2,11-12H2,1,3H3,(H2,24,25,28,29)/t22-/m1/s1. The Balaban J connectivity index is 1.63. The molecule has 1 atom stereocenters. The molecule has 3 aliphatic rings. The van der Waals surface area contributed by atoms with Crippen molar-refractivity contribution in [3.8, 4) is 17.6 Å². The molecule has 1 aromatic carbocycles. The fourth-order valence-corrected chi connectivity index (χ4v) is 3.50. The highest BCUT2D eigenvalue weighted by Crippen LogP contribution is 2.28. The second-order valence-corrected chi connectivity index (χ2v) is 7.30. The van der Waals surface area contributed by atoms with E-state index in [9.17, 15) is 14.4 Å². The van der Waals surface area contributed by atoms with Gasteiger partial charge in [-0.15, -0.1) is 0 Å². The fraction of sp³-hybridized carbons (Fsp3) is 0.227. The van der Waals surface area contributed by atoms with Crippen LogP contribution in [0.2, 0.25) is 0 Å². The topological polar surface area (TPSA) is 99.8 Å². The Kier molecular flexibility index (Phi) is 4.59. The van der Waals surface area contributed by atoms with Crippen molar-refractivity contribution in [2.24, 2.45) is 0 Å². The summed E-state index contributed by atoms with van der Waals surface area (Å²) >= 11 is 0. The Morgan fingerprint density at radius 2 is 2.10 bits per heavy atom. The second kappa shape index (κ2) is 7.12. The molecule has 30 heavy (non-hydrogen) atoms. The third kappa shape index (κ3) is 3.31. The van der Waals surface area contributed by atoms with Crippen molar-refractivity contribution in [3.05, 3.63) is 65.0 Å². The molecule has 1 fully saturated rings. The van der Waals surface area contributed by atoms with Crippen molar-refractivity contribution in [2.75, 3.05) is 13.7 Å². The molecule has 8 nitrogen and oxygen atoms in total. The predicted molar refractivity (Wildman–Crippen MR) is 109 cm³/mol. The number of hydrogen-bond donors (Lipinski definition) is 3. The van der Waals surface area contributed by atoms with E-state index in [0.717, 1.165) is 16.8 Å². The molecule has 8 heteroatoms. The highest BCUT2D eigenvalue weighted by Gasteiger charge is 2.48. The number of dihydropyridines is 1. The Morgan fingerprint density at radius 1 is 1.30 bits per heavy atom. The van der Waals surface area contributed by atoms with Crippen molar-refractivity contribution < 1.29 is 19.1 Å². The zero-order chi connectivity index (χ0) is 21.5. The number of benzene rings is 1. The second-order valence-electron chi connectivity index (χ2n) is 7.30. The number of amides is 4. The number of ether oxygens (including phenoxy) is 1. The van der Waals surface area contributed by atoms with Crippen molar-refractivity contribution >= 4 is 17.8 Å². The largest absolute Gasteiger partial charge is 0.497 e. The lowest BCUT2D eigenvalue weighted by molar-refractivity contribution is -0.122. The number of imide groups is 1. The minimum atomic E-state index is -1.55. The first-order valence-corrected chi connectivity index (χ1v) is 9.28. The average Bonchev–Trinajstić information content (AvgIpc) is 3.18. The van der Waals surface area contributed by atoms with Crippen LogP contribution in [-0.2, 0) is 11.3 Å². The molecule has 0 saturated carbocycles. The van der Waals surface area contributed by atoms with Crippen LogP contribution in [-0.4, -0.2) is 41.9 Å². The van der Waals surface area contributed by atoms with Gasteiger partial charge in [0.2, 0.25) is 5.54 Å². The molecule has 4 rings (SSSR count). The van der Waals surface area contributed by atoms with Gasteiger partial charge in [-0.3, -0.25) is 14.9 Å². The lowest BCUT2D eigenvalue weighted by Gasteiger charge is -2.26. The number of fused-ring (bicyclic) bond motifs is 1. The van der Waals surface area contributed by atoms with Crippen LogP contribution in [0.25, 0.3) is 0 Å². The molecule has 0 unspecified atom stereocenters. The molecule has 4 amide bonds. The molecule has 0 bridgehead atoms. The van der Waals surface area contributed by atoms with Crippen LogP contribution in [0.3, 0.4) is 0 Å². The summed E-state index contributed by atoms with van der Waals surface area (Å²) in [6.07, 6.45) is 3.51. The molecule has 152 valence electrons. The minimum Gasteiger partial charge on any atom is -0.497 e. The van der Waals surface area contributed by atoms with E-state index in [0.29, 0.717) is 23.4 Å². The van der Waals surface area contributed by atoms with Gasteiger partial charge in [0.15, 0.2) is 0 Å². The normalized spacial score (nSPS) is 22.3. The quantitative estimate of drug-likeness (QED) is 0.519. The van der Waals surface area contributed by atoms with Gasteiger partial charge in [-0.2, -0.15) is 0 Å². The van der Waals surface area contributed by atoms with Gasteiger partial charge in [0, 0.05) is 29.6 Å². The molecule has 0 spiro atoms. The van der Waals surface area contributed by atoms with Crippen molar-refractivity contribution in [3.63, 3.8) is 0 Å².